The maximum absolute atomic E-state index is 5.25. The van der Waals surface area contributed by atoms with Gasteiger partial charge < -0.3 is 9.09 Å². The van der Waals surface area contributed by atoms with Crippen LogP contribution in [0.25, 0.3) is 10.7 Å². The van der Waals surface area contributed by atoms with E-state index in [2.05, 4.69) is 20.3 Å². The number of hydrogen-bond acceptors (Lipinski definition) is 7. The molecule has 3 aromatic rings. The van der Waals surface area contributed by atoms with E-state index in [0.717, 1.165) is 28.6 Å². The second-order valence-corrected chi connectivity index (χ2v) is 6.18. The minimum absolute atomic E-state index is 0.677. The molecule has 0 aromatic carbocycles. The normalized spacial score (nSPS) is 11.1. The van der Waals surface area contributed by atoms with Crippen LogP contribution in [0.3, 0.4) is 0 Å². The van der Waals surface area contributed by atoms with Crippen molar-refractivity contribution in [3.05, 3.63) is 29.7 Å². The lowest BCUT2D eigenvalue weighted by molar-refractivity contribution is 0.378. The van der Waals surface area contributed by atoms with Crippen LogP contribution in [0.5, 0.6) is 0 Å². The van der Waals surface area contributed by atoms with Crippen LogP contribution in [-0.2, 0) is 13.5 Å². The fourth-order valence-corrected chi connectivity index (χ4v) is 3.13. The molecule has 0 saturated heterocycles. The predicted octanol–water partition coefficient (Wildman–Crippen LogP) is 2.65. The predicted molar refractivity (Wildman–Crippen MR) is 77.7 cm³/mol. The van der Waals surface area contributed by atoms with Crippen molar-refractivity contribution >= 4 is 23.1 Å². The molecule has 0 spiro atoms. The minimum Gasteiger partial charge on any atom is -0.339 e. The van der Waals surface area contributed by atoms with E-state index < -0.39 is 0 Å². The molecule has 6 nitrogen and oxygen atoms in total. The molecule has 3 aromatic heterocycles. The first kappa shape index (κ1) is 13.3. The summed E-state index contributed by atoms with van der Waals surface area (Å²) in [6.45, 7) is 0. The third kappa shape index (κ3) is 3.07. The highest BCUT2D eigenvalue weighted by atomic mass is 32.2. The van der Waals surface area contributed by atoms with Gasteiger partial charge in [-0.2, -0.15) is 4.98 Å². The molecule has 3 rings (SSSR count). The number of aromatic nitrogens is 5. The fraction of sp³-hybridized carbons (Fsp3) is 0.333. The average molecular weight is 307 g/mol. The van der Waals surface area contributed by atoms with Gasteiger partial charge in [0.05, 0.1) is 4.88 Å². The van der Waals surface area contributed by atoms with Gasteiger partial charge >= 0.3 is 0 Å². The highest BCUT2D eigenvalue weighted by molar-refractivity contribution is 7.99. The van der Waals surface area contributed by atoms with Crippen molar-refractivity contribution in [2.24, 2.45) is 7.05 Å². The molecular weight excluding hydrogens is 294 g/mol. The summed E-state index contributed by atoms with van der Waals surface area (Å²) in [6, 6.07) is 3.97. The second kappa shape index (κ2) is 6.19. The smallest absolute Gasteiger partial charge is 0.227 e. The summed E-state index contributed by atoms with van der Waals surface area (Å²) in [6.07, 6.45) is 3.44. The van der Waals surface area contributed by atoms with Crippen LogP contribution in [-0.4, -0.2) is 30.7 Å². The highest BCUT2D eigenvalue weighted by Gasteiger charge is 2.09. The summed E-state index contributed by atoms with van der Waals surface area (Å²) in [4.78, 5) is 5.43. The van der Waals surface area contributed by atoms with E-state index in [1.807, 2.05) is 29.1 Å². The Morgan fingerprint density at radius 3 is 3.15 bits per heavy atom. The second-order valence-electron chi connectivity index (χ2n) is 4.17. The molecule has 0 aliphatic heterocycles. The molecular formula is C12H13N5OS2. The van der Waals surface area contributed by atoms with Crippen LogP contribution < -0.4 is 0 Å². The molecule has 0 radical (unpaired) electrons. The van der Waals surface area contributed by atoms with E-state index in [9.17, 15) is 0 Å². The molecule has 0 amide bonds. The van der Waals surface area contributed by atoms with Crippen LogP contribution >= 0.6 is 23.1 Å². The Bertz CT molecular complexity index is 661. The van der Waals surface area contributed by atoms with Gasteiger partial charge in [0, 0.05) is 19.2 Å². The zero-order chi connectivity index (χ0) is 13.8. The summed E-state index contributed by atoms with van der Waals surface area (Å²) in [5.41, 5.74) is 0. The van der Waals surface area contributed by atoms with Crippen molar-refractivity contribution in [3.63, 3.8) is 0 Å². The molecule has 20 heavy (non-hydrogen) atoms. The molecule has 0 unspecified atom stereocenters. The van der Waals surface area contributed by atoms with E-state index in [-0.39, 0.29) is 0 Å². The third-order valence-electron chi connectivity index (χ3n) is 2.65. The van der Waals surface area contributed by atoms with E-state index >= 15 is 0 Å². The number of thioether (sulfide) groups is 1. The number of rotatable bonds is 6. The van der Waals surface area contributed by atoms with Gasteiger partial charge in [-0.15, -0.1) is 21.5 Å². The van der Waals surface area contributed by atoms with Crippen molar-refractivity contribution in [1.29, 1.82) is 0 Å². The quantitative estimate of drug-likeness (QED) is 0.515. The van der Waals surface area contributed by atoms with Crippen molar-refractivity contribution in [2.75, 3.05) is 5.75 Å². The SMILES string of the molecule is Cn1cnnc1SCCCc1nc(-c2cccs2)no1. The van der Waals surface area contributed by atoms with Crippen LogP contribution in [0.2, 0.25) is 0 Å². The summed E-state index contributed by atoms with van der Waals surface area (Å²) in [7, 11) is 1.94. The molecule has 0 saturated carbocycles. The Kier molecular flexibility index (Phi) is 4.12. The van der Waals surface area contributed by atoms with E-state index in [4.69, 9.17) is 4.52 Å². The largest absolute Gasteiger partial charge is 0.339 e. The Labute approximate surface area is 124 Å². The first-order valence-electron chi connectivity index (χ1n) is 6.16. The molecule has 0 aliphatic carbocycles. The molecule has 8 heteroatoms. The highest BCUT2D eigenvalue weighted by Crippen LogP contribution is 2.22. The average Bonchev–Trinajstić information content (AvgIpc) is 3.17. The summed E-state index contributed by atoms with van der Waals surface area (Å²) in [5, 5.41) is 14.8. The van der Waals surface area contributed by atoms with Gasteiger partial charge in [-0.3, -0.25) is 0 Å². The van der Waals surface area contributed by atoms with Gasteiger partial charge in [0.25, 0.3) is 0 Å². The van der Waals surface area contributed by atoms with Crippen LogP contribution in [0.4, 0.5) is 0 Å². The maximum atomic E-state index is 5.25. The van der Waals surface area contributed by atoms with Crippen LogP contribution in [0.15, 0.2) is 33.5 Å². The summed E-state index contributed by atoms with van der Waals surface area (Å²) >= 11 is 3.29. The molecule has 3 heterocycles. The standard InChI is InChI=1S/C12H13N5OS2/c1-17-8-13-15-12(17)20-7-3-5-10-14-11(16-18-10)9-4-2-6-19-9/h2,4,6,8H,3,5,7H2,1H3. The number of aryl methyl sites for hydroxylation is 2. The van der Waals surface area contributed by atoms with Gasteiger partial charge in [-0.05, 0) is 17.9 Å². The molecule has 0 N–H and O–H groups in total. The van der Waals surface area contributed by atoms with E-state index in [1.54, 1.807) is 29.4 Å². The van der Waals surface area contributed by atoms with Crippen molar-refractivity contribution in [3.8, 4) is 10.7 Å². The number of hydrogen-bond donors (Lipinski definition) is 0. The fourth-order valence-electron chi connectivity index (χ4n) is 1.65. The van der Waals surface area contributed by atoms with E-state index in [0.29, 0.717) is 11.7 Å². The maximum Gasteiger partial charge on any atom is 0.227 e. The molecule has 0 bridgehead atoms. The lowest BCUT2D eigenvalue weighted by Crippen LogP contribution is -1.92. The summed E-state index contributed by atoms with van der Waals surface area (Å²) < 4.78 is 7.16. The van der Waals surface area contributed by atoms with Gasteiger partial charge in [0.15, 0.2) is 5.16 Å². The first-order chi connectivity index (χ1) is 9.83. The lowest BCUT2D eigenvalue weighted by atomic mass is 10.3. The molecule has 104 valence electrons. The monoisotopic (exact) mass is 307 g/mol. The van der Waals surface area contributed by atoms with Crippen LogP contribution in [0.1, 0.15) is 12.3 Å². The number of nitrogens with zero attached hydrogens (tertiary/aromatic N) is 5. The Hall–Kier alpha value is -1.67. The van der Waals surface area contributed by atoms with Crippen LogP contribution in [0, 0.1) is 0 Å². The zero-order valence-electron chi connectivity index (χ0n) is 10.9. The van der Waals surface area contributed by atoms with Crippen molar-refractivity contribution in [2.45, 2.75) is 18.0 Å². The van der Waals surface area contributed by atoms with Gasteiger partial charge in [-0.1, -0.05) is 23.0 Å². The molecule has 0 aliphatic rings. The van der Waals surface area contributed by atoms with Crippen molar-refractivity contribution < 1.29 is 4.52 Å². The van der Waals surface area contributed by atoms with E-state index in [1.165, 1.54) is 0 Å². The Morgan fingerprint density at radius 1 is 1.45 bits per heavy atom. The lowest BCUT2D eigenvalue weighted by Gasteiger charge is -1.98. The molecule has 0 fully saturated rings. The Balaban J connectivity index is 1.48. The minimum atomic E-state index is 0.677. The summed E-state index contributed by atoms with van der Waals surface area (Å²) in [5.74, 6) is 2.31. The van der Waals surface area contributed by atoms with Crippen molar-refractivity contribution in [1.82, 2.24) is 24.9 Å². The molecule has 0 atom stereocenters. The third-order valence-corrected chi connectivity index (χ3v) is 4.63. The number of thiophene rings is 1. The zero-order valence-corrected chi connectivity index (χ0v) is 12.5. The van der Waals surface area contributed by atoms with Gasteiger partial charge in [0.2, 0.25) is 11.7 Å². The van der Waals surface area contributed by atoms with Gasteiger partial charge in [0.1, 0.15) is 6.33 Å². The van der Waals surface area contributed by atoms with Gasteiger partial charge in [-0.25, -0.2) is 0 Å². The topological polar surface area (TPSA) is 69.6 Å². The Morgan fingerprint density at radius 2 is 2.40 bits per heavy atom. The first-order valence-corrected chi connectivity index (χ1v) is 8.03.